The van der Waals surface area contributed by atoms with Crippen molar-refractivity contribution in [3.8, 4) is 0 Å². The summed E-state index contributed by atoms with van der Waals surface area (Å²) in [5, 5.41) is 8.96. The van der Waals surface area contributed by atoms with E-state index in [-0.39, 0.29) is 6.10 Å². The lowest BCUT2D eigenvalue weighted by Gasteiger charge is -1.92. The zero-order chi connectivity index (χ0) is 7.40. The van der Waals surface area contributed by atoms with Crippen molar-refractivity contribution in [3.63, 3.8) is 0 Å². The molecule has 0 aliphatic heterocycles. The van der Waals surface area contributed by atoms with Crippen LogP contribution in [0.1, 0.15) is 25.7 Å². The Morgan fingerprint density at radius 3 is 2.80 bits per heavy atom. The molecule has 0 aromatic rings. The maximum atomic E-state index is 8.96. The number of unbranched alkanes of at least 4 members (excludes halogenated alkanes) is 1. The summed E-state index contributed by atoms with van der Waals surface area (Å²) < 4.78 is 0. The number of hydrogen-bond acceptors (Lipinski definition) is 1. The molecule has 0 aromatic heterocycles. The number of aliphatic hydroxyl groups excluding tert-OH is 1. The summed E-state index contributed by atoms with van der Waals surface area (Å²) in [5.74, 6) is 0.628. The quantitative estimate of drug-likeness (QED) is 0.699. The number of allylic oxidation sites excluding steroid dienone is 1. The highest BCUT2D eigenvalue weighted by Gasteiger charge is 2.33. The molecule has 0 amide bonds. The predicted molar refractivity (Wildman–Crippen MR) is 46.0 cm³/mol. The van der Waals surface area contributed by atoms with Crippen LogP contribution in [-0.4, -0.2) is 11.2 Å². The maximum absolute atomic E-state index is 8.96. The van der Waals surface area contributed by atoms with Gasteiger partial charge in [0.25, 0.3) is 0 Å². The van der Waals surface area contributed by atoms with Gasteiger partial charge in [-0.3, -0.25) is 0 Å². The third kappa shape index (κ3) is 2.84. The molecule has 0 radical (unpaired) electrons. The van der Waals surface area contributed by atoms with E-state index in [1.807, 2.05) is 4.99 Å². The van der Waals surface area contributed by atoms with Crippen LogP contribution in [0.5, 0.6) is 0 Å². The summed E-state index contributed by atoms with van der Waals surface area (Å²) in [5.41, 5.74) is 0. The van der Waals surface area contributed by atoms with Gasteiger partial charge in [-0.25, -0.2) is 0 Å². The Balaban J connectivity index is 1.87. The van der Waals surface area contributed by atoms with Crippen LogP contribution < -0.4 is 0 Å². The van der Waals surface area contributed by atoms with E-state index in [0.717, 1.165) is 12.8 Å². The average Bonchev–Trinajstić information content (AvgIpc) is 2.60. The molecule has 1 fully saturated rings. The Labute approximate surface area is 70.3 Å². The molecule has 1 nitrogen and oxygen atoms in total. The second-order valence-electron chi connectivity index (χ2n) is 2.86. The van der Waals surface area contributed by atoms with Gasteiger partial charge in [-0.05, 0) is 36.6 Å². The zero-order valence-corrected chi connectivity index (χ0v) is 7.55. The molecule has 1 saturated carbocycles. The predicted octanol–water partition coefficient (Wildman–Crippen LogP) is 2.45. The number of hydrogen-bond donors (Lipinski definition) is 1. The molecular weight excluding hydrogens is 192 g/mol. The van der Waals surface area contributed by atoms with E-state index in [9.17, 15) is 0 Å². The summed E-state index contributed by atoms with van der Waals surface area (Å²) >= 11 is 3.21. The van der Waals surface area contributed by atoms with Crippen LogP contribution in [0.3, 0.4) is 0 Å². The largest absolute Gasteiger partial charge is 0.393 e. The lowest BCUT2D eigenvalue weighted by atomic mass is 10.2. The Morgan fingerprint density at radius 1 is 1.60 bits per heavy atom. The van der Waals surface area contributed by atoms with Crippen molar-refractivity contribution < 1.29 is 5.11 Å². The Morgan fingerprint density at radius 2 is 2.30 bits per heavy atom. The molecule has 0 saturated heterocycles. The molecule has 1 rings (SSSR count). The van der Waals surface area contributed by atoms with E-state index >= 15 is 0 Å². The monoisotopic (exact) mass is 204 g/mol. The first-order valence-corrected chi connectivity index (χ1v) is 4.69. The van der Waals surface area contributed by atoms with Crippen molar-refractivity contribution in [2.24, 2.45) is 5.92 Å². The molecule has 2 heteroatoms. The smallest absolute Gasteiger partial charge is 0.0573 e. The van der Waals surface area contributed by atoms with Gasteiger partial charge in [-0.15, -0.1) is 0 Å². The van der Waals surface area contributed by atoms with Gasteiger partial charge in [0.05, 0.1) is 6.10 Å². The Kier molecular flexibility index (Phi) is 3.43. The molecule has 0 bridgehead atoms. The third-order valence-corrected chi connectivity index (χ3v) is 2.29. The number of halogens is 1. The topological polar surface area (TPSA) is 20.2 Å². The van der Waals surface area contributed by atoms with E-state index in [1.54, 1.807) is 0 Å². The number of rotatable bonds is 4. The van der Waals surface area contributed by atoms with E-state index in [0.29, 0.717) is 5.92 Å². The van der Waals surface area contributed by atoms with Gasteiger partial charge in [0.2, 0.25) is 0 Å². The van der Waals surface area contributed by atoms with Crippen LogP contribution in [0.4, 0.5) is 0 Å². The average molecular weight is 205 g/mol. The van der Waals surface area contributed by atoms with Crippen LogP contribution in [0.25, 0.3) is 0 Å². The first-order chi connectivity index (χ1) is 4.84. The molecule has 58 valence electrons. The fourth-order valence-electron chi connectivity index (χ4n) is 1.10. The fraction of sp³-hybridized carbons (Fsp3) is 0.750. The van der Waals surface area contributed by atoms with Gasteiger partial charge >= 0.3 is 0 Å². The summed E-state index contributed by atoms with van der Waals surface area (Å²) in [4.78, 5) is 1.90. The highest BCUT2D eigenvalue weighted by molar-refractivity contribution is 9.11. The molecule has 2 atom stereocenters. The lowest BCUT2D eigenvalue weighted by molar-refractivity contribution is 0.256. The number of aliphatic hydroxyl groups is 1. The minimum atomic E-state index is 0.0351. The van der Waals surface area contributed by atoms with Crippen molar-refractivity contribution >= 4 is 15.9 Å². The van der Waals surface area contributed by atoms with Crippen molar-refractivity contribution in [2.75, 3.05) is 0 Å². The van der Waals surface area contributed by atoms with Gasteiger partial charge < -0.3 is 5.11 Å². The van der Waals surface area contributed by atoms with Gasteiger partial charge in [-0.1, -0.05) is 22.0 Å². The first-order valence-electron chi connectivity index (χ1n) is 3.78. The van der Waals surface area contributed by atoms with Gasteiger partial charge in [0.1, 0.15) is 0 Å². The molecule has 0 spiro atoms. The van der Waals surface area contributed by atoms with Gasteiger partial charge in [0, 0.05) is 0 Å². The zero-order valence-electron chi connectivity index (χ0n) is 5.96. The van der Waals surface area contributed by atoms with E-state index in [4.69, 9.17) is 5.11 Å². The molecule has 1 aliphatic carbocycles. The standard InChI is InChI=1S/C8H13BrO/c9-5-3-1-2-4-7-6-8(7)10/h3,5,7-8,10H,1-2,4,6H2. The van der Waals surface area contributed by atoms with Crippen molar-refractivity contribution in [2.45, 2.75) is 31.8 Å². The maximum Gasteiger partial charge on any atom is 0.0573 e. The first kappa shape index (κ1) is 8.28. The Bertz CT molecular complexity index is 122. The van der Waals surface area contributed by atoms with Gasteiger partial charge in [0.15, 0.2) is 0 Å². The normalized spacial score (nSPS) is 31.4. The minimum Gasteiger partial charge on any atom is -0.393 e. The van der Waals surface area contributed by atoms with Crippen LogP contribution in [0.2, 0.25) is 0 Å². The highest BCUT2D eigenvalue weighted by Crippen LogP contribution is 2.34. The minimum absolute atomic E-state index is 0.0351. The second-order valence-corrected chi connectivity index (χ2v) is 3.38. The molecule has 0 aromatic carbocycles. The van der Waals surface area contributed by atoms with Crippen LogP contribution in [-0.2, 0) is 0 Å². The molecular formula is C8H13BrO. The van der Waals surface area contributed by atoms with Crippen molar-refractivity contribution in [1.29, 1.82) is 0 Å². The van der Waals surface area contributed by atoms with Crippen LogP contribution >= 0.6 is 15.9 Å². The van der Waals surface area contributed by atoms with Crippen LogP contribution in [0.15, 0.2) is 11.1 Å². The fourth-order valence-corrected chi connectivity index (χ4v) is 1.37. The summed E-state index contributed by atoms with van der Waals surface area (Å²) in [6.45, 7) is 0. The van der Waals surface area contributed by atoms with Crippen LogP contribution in [0, 0.1) is 5.92 Å². The van der Waals surface area contributed by atoms with Crippen molar-refractivity contribution in [3.05, 3.63) is 11.1 Å². The highest BCUT2D eigenvalue weighted by atomic mass is 79.9. The molecule has 10 heavy (non-hydrogen) atoms. The van der Waals surface area contributed by atoms with Crippen molar-refractivity contribution in [1.82, 2.24) is 0 Å². The second kappa shape index (κ2) is 4.14. The van der Waals surface area contributed by atoms with E-state index in [1.165, 1.54) is 12.8 Å². The lowest BCUT2D eigenvalue weighted by Crippen LogP contribution is -1.84. The molecule has 2 unspecified atom stereocenters. The summed E-state index contributed by atoms with van der Waals surface area (Å²) in [6, 6.07) is 0. The molecule has 1 aliphatic rings. The molecule has 1 N–H and O–H groups in total. The third-order valence-electron chi connectivity index (χ3n) is 1.92. The van der Waals surface area contributed by atoms with E-state index in [2.05, 4.69) is 22.0 Å². The summed E-state index contributed by atoms with van der Waals surface area (Å²) in [6.07, 6.45) is 6.72. The SMILES string of the molecule is OC1CC1CCCC=CBr. The van der Waals surface area contributed by atoms with E-state index < -0.39 is 0 Å². The summed E-state index contributed by atoms with van der Waals surface area (Å²) in [7, 11) is 0. The Hall–Kier alpha value is 0.180. The van der Waals surface area contributed by atoms with Gasteiger partial charge in [-0.2, -0.15) is 0 Å². The molecule has 0 heterocycles.